The molecule has 118 valence electrons. The molecule has 1 aliphatic rings. The van der Waals surface area contributed by atoms with Crippen LogP contribution in [0.1, 0.15) is 46.0 Å². The monoisotopic (exact) mass is 304 g/mol. The van der Waals surface area contributed by atoms with Crippen molar-refractivity contribution in [3.8, 4) is 0 Å². The fraction of sp³-hybridized carbons (Fsp3) is 0.929. The van der Waals surface area contributed by atoms with Gasteiger partial charge in [0.05, 0.1) is 11.0 Å². The van der Waals surface area contributed by atoms with E-state index >= 15 is 0 Å². The molecular weight excluding hydrogens is 276 g/mol. The zero-order chi connectivity index (χ0) is 15.2. The molecule has 0 spiro atoms. The lowest BCUT2D eigenvalue weighted by molar-refractivity contribution is -0.121. The van der Waals surface area contributed by atoms with Crippen LogP contribution in [0.25, 0.3) is 0 Å². The van der Waals surface area contributed by atoms with Crippen molar-refractivity contribution in [1.82, 2.24) is 5.32 Å². The lowest BCUT2D eigenvalue weighted by atomic mass is 9.88. The van der Waals surface area contributed by atoms with Crippen LogP contribution in [0.15, 0.2) is 0 Å². The summed E-state index contributed by atoms with van der Waals surface area (Å²) in [5, 5.41) is 2.39. The summed E-state index contributed by atoms with van der Waals surface area (Å²) in [7, 11) is -2.97. The molecule has 0 aliphatic carbocycles. The maximum Gasteiger partial charge on any atom is 0.220 e. The van der Waals surface area contributed by atoms with Crippen LogP contribution in [0.2, 0.25) is 0 Å². The Bertz CT molecular complexity index is 407. The largest absolute Gasteiger partial charge is 0.355 e. The van der Waals surface area contributed by atoms with Crippen LogP contribution < -0.4 is 11.1 Å². The summed E-state index contributed by atoms with van der Waals surface area (Å²) in [6, 6.07) is 0. The van der Waals surface area contributed by atoms with Crippen LogP contribution in [-0.2, 0) is 14.6 Å². The van der Waals surface area contributed by atoms with E-state index in [1.807, 2.05) is 0 Å². The van der Waals surface area contributed by atoms with Gasteiger partial charge in [-0.2, -0.15) is 0 Å². The molecule has 1 fully saturated rings. The third-order valence-electron chi connectivity index (χ3n) is 4.21. The predicted molar refractivity (Wildman–Crippen MR) is 81.1 cm³/mol. The molecule has 3 N–H and O–H groups in total. The fourth-order valence-electron chi connectivity index (χ4n) is 2.75. The Kier molecular flexibility index (Phi) is 6.95. The van der Waals surface area contributed by atoms with Crippen LogP contribution in [0, 0.1) is 11.8 Å². The molecule has 5 nitrogen and oxygen atoms in total. The zero-order valence-electron chi connectivity index (χ0n) is 12.6. The van der Waals surface area contributed by atoms with Gasteiger partial charge in [-0.05, 0) is 44.1 Å². The maximum atomic E-state index is 11.8. The molecule has 20 heavy (non-hydrogen) atoms. The van der Waals surface area contributed by atoms with E-state index in [0.717, 1.165) is 19.3 Å². The van der Waals surface area contributed by atoms with Crippen molar-refractivity contribution in [2.75, 3.05) is 18.8 Å². The Morgan fingerprint density at radius 3 is 2.55 bits per heavy atom. The van der Waals surface area contributed by atoms with Gasteiger partial charge in [0, 0.05) is 13.0 Å². The first-order valence-corrected chi connectivity index (χ1v) is 9.26. The smallest absolute Gasteiger partial charge is 0.220 e. The first-order valence-electron chi connectivity index (χ1n) is 7.55. The van der Waals surface area contributed by atoms with Crippen molar-refractivity contribution in [1.29, 1.82) is 0 Å². The van der Waals surface area contributed by atoms with Gasteiger partial charge in [0.2, 0.25) is 5.91 Å². The van der Waals surface area contributed by atoms with Crippen LogP contribution in [0.4, 0.5) is 0 Å². The Morgan fingerprint density at radius 1 is 1.35 bits per heavy atom. The van der Waals surface area contributed by atoms with Crippen molar-refractivity contribution in [3.63, 3.8) is 0 Å². The van der Waals surface area contributed by atoms with Gasteiger partial charge in [0.25, 0.3) is 0 Å². The van der Waals surface area contributed by atoms with Gasteiger partial charge in [0.1, 0.15) is 0 Å². The first kappa shape index (κ1) is 17.4. The number of carbonyl (C=O) groups is 1. The van der Waals surface area contributed by atoms with Crippen LogP contribution in [0.3, 0.4) is 0 Å². The summed E-state index contributed by atoms with van der Waals surface area (Å²) in [5.41, 5.74) is 5.58. The number of hydrogen-bond acceptors (Lipinski definition) is 4. The van der Waals surface area contributed by atoms with Crippen molar-refractivity contribution < 1.29 is 13.2 Å². The second-order valence-corrected chi connectivity index (χ2v) is 8.46. The van der Waals surface area contributed by atoms with E-state index in [1.165, 1.54) is 0 Å². The number of hydrogen-bond donors (Lipinski definition) is 2. The molecule has 2 atom stereocenters. The summed E-state index contributed by atoms with van der Waals surface area (Å²) in [5.74, 6) is 1.19. The Morgan fingerprint density at radius 2 is 2.05 bits per heavy atom. The first-order chi connectivity index (χ1) is 9.36. The minimum Gasteiger partial charge on any atom is -0.355 e. The lowest BCUT2D eigenvalue weighted by Gasteiger charge is -2.20. The Labute approximate surface area is 122 Å². The summed E-state index contributed by atoms with van der Waals surface area (Å²) >= 11 is 0. The number of rotatable bonds is 8. The van der Waals surface area contributed by atoms with Crippen LogP contribution >= 0.6 is 0 Å². The van der Waals surface area contributed by atoms with Gasteiger partial charge >= 0.3 is 0 Å². The van der Waals surface area contributed by atoms with E-state index in [4.69, 9.17) is 5.73 Å². The van der Waals surface area contributed by atoms with Gasteiger partial charge in [-0.15, -0.1) is 0 Å². The van der Waals surface area contributed by atoms with Gasteiger partial charge in [-0.3, -0.25) is 4.79 Å². The third kappa shape index (κ3) is 5.40. The molecule has 1 saturated heterocycles. The number of carbonyl (C=O) groups excluding carboxylic acids is 1. The summed E-state index contributed by atoms with van der Waals surface area (Å²) in [6.45, 7) is 5.20. The van der Waals surface area contributed by atoms with Crippen LogP contribution in [-0.4, -0.2) is 38.4 Å². The highest BCUT2D eigenvalue weighted by molar-refractivity contribution is 7.92. The number of nitrogens with one attached hydrogen (secondary N) is 1. The molecule has 0 bridgehead atoms. The topological polar surface area (TPSA) is 89.3 Å². The van der Waals surface area contributed by atoms with Crippen molar-refractivity contribution in [2.45, 2.75) is 51.2 Å². The minimum absolute atomic E-state index is 0.0465. The number of amides is 1. The molecule has 1 rings (SSSR count). The summed E-state index contributed by atoms with van der Waals surface area (Å²) < 4.78 is 23.3. The number of sulfone groups is 1. The van der Waals surface area contributed by atoms with Crippen molar-refractivity contribution >= 4 is 15.7 Å². The molecule has 1 heterocycles. The molecular formula is C14H28N2O3S. The molecule has 1 amide bonds. The van der Waals surface area contributed by atoms with E-state index < -0.39 is 9.84 Å². The molecule has 0 aromatic carbocycles. The van der Waals surface area contributed by atoms with E-state index in [9.17, 15) is 13.2 Å². The summed E-state index contributed by atoms with van der Waals surface area (Å²) in [4.78, 5) is 11.8. The average molecular weight is 304 g/mol. The van der Waals surface area contributed by atoms with Crippen molar-refractivity contribution in [2.24, 2.45) is 17.6 Å². The molecule has 1 aliphatic heterocycles. The SMILES string of the molecule is CC(C)C(CCN)CCC(=O)NCC1CCCS1(=O)=O. The highest BCUT2D eigenvalue weighted by atomic mass is 32.2. The van der Waals surface area contributed by atoms with Crippen LogP contribution in [0.5, 0.6) is 0 Å². The van der Waals surface area contributed by atoms with Gasteiger partial charge in [-0.1, -0.05) is 13.8 Å². The van der Waals surface area contributed by atoms with Gasteiger partial charge in [0.15, 0.2) is 9.84 Å². The predicted octanol–water partition coefficient (Wildman–Crippen LogP) is 1.08. The van der Waals surface area contributed by atoms with E-state index in [2.05, 4.69) is 19.2 Å². The third-order valence-corrected chi connectivity index (χ3v) is 6.49. The zero-order valence-corrected chi connectivity index (χ0v) is 13.4. The minimum atomic E-state index is -2.97. The van der Waals surface area contributed by atoms with E-state index in [0.29, 0.717) is 31.2 Å². The maximum absolute atomic E-state index is 11.8. The Balaban J connectivity index is 2.30. The molecule has 6 heteroatoms. The van der Waals surface area contributed by atoms with Gasteiger partial charge < -0.3 is 11.1 Å². The molecule has 0 aromatic heterocycles. The van der Waals surface area contributed by atoms with Gasteiger partial charge in [-0.25, -0.2) is 8.42 Å². The van der Waals surface area contributed by atoms with E-state index in [1.54, 1.807) is 0 Å². The summed E-state index contributed by atoms with van der Waals surface area (Å²) in [6.07, 6.45) is 3.59. The molecule has 2 unspecified atom stereocenters. The highest BCUT2D eigenvalue weighted by Gasteiger charge is 2.31. The lowest BCUT2D eigenvalue weighted by Crippen LogP contribution is -2.34. The standard InChI is InChI=1S/C14H28N2O3S/c1-11(2)12(7-8-15)5-6-14(17)16-10-13-4-3-9-20(13,18)19/h11-13H,3-10,15H2,1-2H3,(H,16,17). The molecule has 0 saturated carbocycles. The second-order valence-electron chi connectivity index (χ2n) is 6.06. The number of nitrogens with two attached hydrogens (primary N) is 1. The van der Waals surface area contributed by atoms with Crippen molar-refractivity contribution in [3.05, 3.63) is 0 Å². The second kappa shape index (κ2) is 7.98. The quantitative estimate of drug-likeness (QED) is 0.702. The fourth-order valence-corrected chi connectivity index (χ4v) is 4.51. The Hall–Kier alpha value is -0.620. The normalized spacial score (nSPS) is 22.9. The highest BCUT2D eigenvalue weighted by Crippen LogP contribution is 2.21. The van der Waals surface area contributed by atoms with E-state index in [-0.39, 0.29) is 23.5 Å². The average Bonchev–Trinajstić information content (AvgIpc) is 2.70. The molecule has 0 aromatic rings. The molecule has 0 radical (unpaired) electrons.